The van der Waals surface area contributed by atoms with Crippen LogP contribution in [0.15, 0.2) is 22.7 Å². The van der Waals surface area contributed by atoms with Crippen LogP contribution in [0.2, 0.25) is 0 Å². The SMILES string of the molecule is CCc1cc(NC(=O)c2cc(N)c(F)cc2Br)n[nH]1. The summed E-state index contributed by atoms with van der Waals surface area (Å²) < 4.78 is 13.5. The Kier molecular flexibility index (Phi) is 3.84. The molecule has 0 saturated heterocycles. The number of hydrogen-bond acceptors (Lipinski definition) is 3. The number of anilines is 2. The summed E-state index contributed by atoms with van der Waals surface area (Å²) in [5.41, 5.74) is 6.53. The van der Waals surface area contributed by atoms with Crippen LogP contribution in [0.25, 0.3) is 0 Å². The number of nitrogens with two attached hydrogens (primary N) is 1. The maximum absolute atomic E-state index is 13.2. The van der Waals surface area contributed by atoms with Crippen molar-refractivity contribution in [2.24, 2.45) is 0 Å². The lowest BCUT2D eigenvalue weighted by Crippen LogP contribution is -2.13. The van der Waals surface area contributed by atoms with Crippen LogP contribution in [0.3, 0.4) is 0 Å². The zero-order valence-electron chi connectivity index (χ0n) is 10.1. The Morgan fingerprint density at radius 3 is 2.89 bits per heavy atom. The smallest absolute Gasteiger partial charge is 0.258 e. The van der Waals surface area contributed by atoms with Crippen molar-refractivity contribution in [2.45, 2.75) is 13.3 Å². The van der Waals surface area contributed by atoms with Gasteiger partial charge in [0.15, 0.2) is 5.82 Å². The summed E-state index contributed by atoms with van der Waals surface area (Å²) in [7, 11) is 0. The van der Waals surface area contributed by atoms with Gasteiger partial charge < -0.3 is 11.1 Å². The van der Waals surface area contributed by atoms with E-state index >= 15 is 0 Å². The first-order valence-electron chi connectivity index (χ1n) is 5.61. The predicted octanol–water partition coefficient (Wildman–Crippen LogP) is 2.71. The van der Waals surface area contributed by atoms with Gasteiger partial charge in [0, 0.05) is 16.2 Å². The maximum Gasteiger partial charge on any atom is 0.258 e. The number of aromatic nitrogens is 2. The number of nitrogen functional groups attached to an aromatic ring is 1. The number of nitrogens with one attached hydrogen (secondary N) is 2. The molecule has 0 bridgehead atoms. The number of aromatic amines is 1. The second-order valence-electron chi connectivity index (χ2n) is 3.94. The van der Waals surface area contributed by atoms with Crippen molar-refractivity contribution in [3.05, 3.63) is 39.7 Å². The molecule has 100 valence electrons. The predicted molar refractivity (Wildman–Crippen MR) is 74.4 cm³/mol. The first kappa shape index (κ1) is 13.5. The van der Waals surface area contributed by atoms with Gasteiger partial charge in [0.2, 0.25) is 0 Å². The van der Waals surface area contributed by atoms with E-state index in [0.29, 0.717) is 10.3 Å². The van der Waals surface area contributed by atoms with Crippen molar-refractivity contribution >= 4 is 33.3 Å². The van der Waals surface area contributed by atoms with Crippen molar-refractivity contribution in [3.63, 3.8) is 0 Å². The van der Waals surface area contributed by atoms with Crippen LogP contribution in [0, 0.1) is 5.82 Å². The molecule has 0 spiro atoms. The van der Waals surface area contributed by atoms with Gasteiger partial charge in [-0.3, -0.25) is 9.89 Å². The molecule has 1 aromatic heterocycles. The lowest BCUT2D eigenvalue weighted by atomic mass is 10.2. The zero-order chi connectivity index (χ0) is 14.0. The molecule has 1 heterocycles. The van der Waals surface area contributed by atoms with Crippen molar-refractivity contribution < 1.29 is 9.18 Å². The third-order valence-electron chi connectivity index (χ3n) is 2.58. The zero-order valence-corrected chi connectivity index (χ0v) is 11.7. The molecule has 2 aromatic rings. The van der Waals surface area contributed by atoms with Gasteiger partial charge in [0.05, 0.1) is 11.3 Å². The molecule has 0 aliphatic rings. The van der Waals surface area contributed by atoms with Gasteiger partial charge in [0.25, 0.3) is 5.91 Å². The van der Waals surface area contributed by atoms with E-state index in [2.05, 4.69) is 31.4 Å². The normalized spacial score (nSPS) is 10.5. The summed E-state index contributed by atoms with van der Waals surface area (Å²) in [5, 5.41) is 9.34. The molecule has 5 nitrogen and oxygen atoms in total. The first-order valence-corrected chi connectivity index (χ1v) is 6.40. The van der Waals surface area contributed by atoms with Crippen LogP contribution in [0.5, 0.6) is 0 Å². The van der Waals surface area contributed by atoms with Crippen molar-refractivity contribution in [1.82, 2.24) is 10.2 Å². The highest BCUT2D eigenvalue weighted by molar-refractivity contribution is 9.10. The third-order valence-corrected chi connectivity index (χ3v) is 3.24. The number of carbonyl (C=O) groups excluding carboxylic acids is 1. The molecule has 7 heteroatoms. The molecule has 0 radical (unpaired) electrons. The van der Waals surface area contributed by atoms with Gasteiger partial charge in [-0.05, 0) is 34.5 Å². The molecule has 0 fully saturated rings. The monoisotopic (exact) mass is 326 g/mol. The Bertz CT molecular complexity index is 626. The molecule has 0 atom stereocenters. The molecule has 1 amide bonds. The second kappa shape index (κ2) is 5.40. The van der Waals surface area contributed by atoms with Gasteiger partial charge in [-0.25, -0.2) is 4.39 Å². The highest BCUT2D eigenvalue weighted by atomic mass is 79.9. The Hall–Kier alpha value is -1.89. The van der Waals surface area contributed by atoms with Crippen LogP contribution < -0.4 is 11.1 Å². The van der Waals surface area contributed by atoms with E-state index < -0.39 is 11.7 Å². The molecule has 0 saturated carbocycles. The van der Waals surface area contributed by atoms with Crippen LogP contribution in [0.4, 0.5) is 15.9 Å². The average molecular weight is 327 g/mol. The fourth-order valence-electron chi connectivity index (χ4n) is 1.53. The van der Waals surface area contributed by atoms with Crippen LogP contribution >= 0.6 is 15.9 Å². The Balaban J connectivity index is 2.22. The Morgan fingerprint density at radius 1 is 1.53 bits per heavy atom. The van der Waals surface area contributed by atoms with Crippen LogP contribution in [-0.2, 0) is 6.42 Å². The summed E-state index contributed by atoms with van der Waals surface area (Å²) in [4.78, 5) is 12.0. The summed E-state index contributed by atoms with van der Waals surface area (Å²) in [6.07, 6.45) is 0.788. The minimum Gasteiger partial charge on any atom is -0.396 e. The second-order valence-corrected chi connectivity index (χ2v) is 4.79. The van der Waals surface area contributed by atoms with E-state index in [1.165, 1.54) is 6.07 Å². The van der Waals surface area contributed by atoms with E-state index in [-0.39, 0.29) is 11.3 Å². The molecular weight excluding hydrogens is 315 g/mol. The first-order chi connectivity index (χ1) is 9.01. The van der Waals surface area contributed by atoms with Gasteiger partial charge >= 0.3 is 0 Å². The molecule has 2 rings (SSSR count). The van der Waals surface area contributed by atoms with Crippen LogP contribution in [-0.4, -0.2) is 16.1 Å². The minimum absolute atomic E-state index is 0.0791. The molecule has 4 N–H and O–H groups in total. The van der Waals surface area contributed by atoms with Gasteiger partial charge in [0.1, 0.15) is 5.82 Å². The van der Waals surface area contributed by atoms with Crippen molar-refractivity contribution in [2.75, 3.05) is 11.1 Å². The molecule has 0 unspecified atom stereocenters. The lowest BCUT2D eigenvalue weighted by Gasteiger charge is -2.06. The highest BCUT2D eigenvalue weighted by Crippen LogP contribution is 2.23. The Labute approximate surface area is 117 Å². The topological polar surface area (TPSA) is 83.8 Å². The molecule has 0 aliphatic carbocycles. The molecule has 1 aromatic carbocycles. The molecule has 0 aliphatic heterocycles. The fraction of sp³-hybridized carbons (Fsp3) is 0.167. The number of amides is 1. The number of H-pyrrole nitrogens is 1. The number of carbonyl (C=O) groups is 1. The summed E-state index contributed by atoms with van der Waals surface area (Å²) in [6, 6.07) is 4.17. The Morgan fingerprint density at radius 2 is 2.26 bits per heavy atom. The molecular formula is C12H12BrFN4O. The summed E-state index contributed by atoms with van der Waals surface area (Å²) in [5.74, 6) is -0.569. The minimum atomic E-state index is -0.573. The summed E-state index contributed by atoms with van der Waals surface area (Å²) >= 11 is 3.13. The van der Waals surface area contributed by atoms with E-state index in [1.54, 1.807) is 6.07 Å². The lowest BCUT2D eigenvalue weighted by molar-refractivity contribution is 0.102. The highest BCUT2D eigenvalue weighted by Gasteiger charge is 2.14. The van der Waals surface area contributed by atoms with E-state index in [0.717, 1.165) is 18.2 Å². The number of halogens is 2. The van der Waals surface area contributed by atoms with E-state index in [4.69, 9.17) is 5.73 Å². The molecule has 19 heavy (non-hydrogen) atoms. The maximum atomic E-state index is 13.2. The van der Waals surface area contributed by atoms with Crippen molar-refractivity contribution in [3.8, 4) is 0 Å². The van der Waals surface area contributed by atoms with E-state index in [1.807, 2.05) is 6.92 Å². The average Bonchev–Trinajstić information content (AvgIpc) is 2.81. The van der Waals surface area contributed by atoms with Gasteiger partial charge in [-0.15, -0.1) is 0 Å². The fourth-order valence-corrected chi connectivity index (χ4v) is 2.03. The number of hydrogen-bond donors (Lipinski definition) is 3. The quantitative estimate of drug-likeness (QED) is 0.758. The summed E-state index contributed by atoms with van der Waals surface area (Å²) in [6.45, 7) is 1.97. The van der Waals surface area contributed by atoms with E-state index in [9.17, 15) is 9.18 Å². The van der Waals surface area contributed by atoms with Crippen LogP contribution in [0.1, 0.15) is 23.0 Å². The third kappa shape index (κ3) is 2.93. The van der Waals surface area contributed by atoms with Gasteiger partial charge in [-0.1, -0.05) is 6.92 Å². The number of benzene rings is 1. The number of aryl methyl sites for hydroxylation is 1. The number of nitrogens with zero attached hydrogens (tertiary/aromatic N) is 1. The number of rotatable bonds is 3. The standard InChI is InChI=1S/C12H12BrFN4O/c1-2-6-3-11(18-17-6)16-12(19)7-4-10(15)9(14)5-8(7)13/h3-5H,2,15H2,1H3,(H2,16,17,18,19). The van der Waals surface area contributed by atoms with Gasteiger partial charge in [-0.2, -0.15) is 5.10 Å². The van der Waals surface area contributed by atoms with Crippen molar-refractivity contribution in [1.29, 1.82) is 0 Å². The largest absolute Gasteiger partial charge is 0.396 e.